The third-order valence-electron chi connectivity index (χ3n) is 4.55. The van der Waals surface area contributed by atoms with E-state index in [1.807, 2.05) is 24.1 Å². The van der Waals surface area contributed by atoms with Crippen molar-refractivity contribution in [2.75, 3.05) is 11.4 Å². The van der Waals surface area contributed by atoms with Crippen molar-refractivity contribution in [2.45, 2.75) is 32.6 Å². The Morgan fingerprint density at radius 2 is 2.33 bits per heavy atom. The van der Waals surface area contributed by atoms with Gasteiger partial charge in [-0.3, -0.25) is 9.78 Å². The summed E-state index contributed by atoms with van der Waals surface area (Å²) >= 11 is 0. The van der Waals surface area contributed by atoms with Crippen molar-refractivity contribution in [1.29, 1.82) is 0 Å². The van der Waals surface area contributed by atoms with Gasteiger partial charge < -0.3 is 9.88 Å². The third-order valence-corrected chi connectivity index (χ3v) is 4.55. The van der Waals surface area contributed by atoms with Crippen LogP contribution < -0.4 is 4.90 Å². The highest BCUT2D eigenvalue weighted by molar-refractivity contribution is 5.97. The van der Waals surface area contributed by atoms with Crippen LogP contribution in [-0.2, 0) is 24.1 Å². The smallest absolute Gasteiger partial charge is 0.230 e. The van der Waals surface area contributed by atoms with Gasteiger partial charge in [-0.1, -0.05) is 0 Å². The molecule has 0 aromatic carbocycles. The van der Waals surface area contributed by atoms with Crippen LogP contribution in [0.3, 0.4) is 0 Å². The number of H-pyrrole nitrogens is 1. The molecule has 1 unspecified atom stereocenters. The summed E-state index contributed by atoms with van der Waals surface area (Å²) < 4.78 is 0. The lowest BCUT2D eigenvalue weighted by atomic mass is 9.88. The van der Waals surface area contributed by atoms with Crippen molar-refractivity contribution >= 4 is 11.6 Å². The first kappa shape index (κ1) is 12.6. The van der Waals surface area contributed by atoms with Gasteiger partial charge in [0.15, 0.2) is 0 Å². The second-order valence-electron chi connectivity index (χ2n) is 5.93. The zero-order chi connectivity index (χ0) is 14.4. The number of nitrogens with one attached hydrogen (secondary N) is 1. The molecule has 0 saturated carbocycles. The van der Waals surface area contributed by atoms with Crippen molar-refractivity contribution in [1.82, 2.24) is 15.0 Å². The minimum Gasteiger partial charge on any atom is -0.346 e. The highest BCUT2D eigenvalue weighted by atomic mass is 16.2. The first-order valence-electron chi connectivity index (χ1n) is 7.51. The summed E-state index contributed by atoms with van der Waals surface area (Å²) in [5, 5.41) is 0. The number of carbonyl (C=O) groups is 1. The van der Waals surface area contributed by atoms with Crippen LogP contribution in [0, 0.1) is 12.8 Å². The zero-order valence-electron chi connectivity index (χ0n) is 12.1. The number of aromatic nitrogens is 3. The topological polar surface area (TPSA) is 61.9 Å². The Labute approximate surface area is 123 Å². The fourth-order valence-corrected chi connectivity index (χ4v) is 3.51. The number of carbonyl (C=O) groups excluding carboxylic acids is 1. The maximum Gasteiger partial charge on any atom is 0.230 e. The molecule has 2 aromatic rings. The number of aromatic amines is 1. The Morgan fingerprint density at radius 3 is 3.24 bits per heavy atom. The first-order valence-corrected chi connectivity index (χ1v) is 7.51. The minimum absolute atomic E-state index is 0.0662. The predicted octanol–water partition coefficient (Wildman–Crippen LogP) is 1.81. The molecular formula is C16H18N4O. The van der Waals surface area contributed by atoms with E-state index in [0.717, 1.165) is 55.1 Å². The molecule has 4 rings (SSSR count). The maximum atomic E-state index is 12.9. The monoisotopic (exact) mass is 282 g/mol. The Morgan fingerprint density at radius 1 is 1.43 bits per heavy atom. The molecule has 0 bridgehead atoms. The predicted molar refractivity (Wildman–Crippen MR) is 79.1 cm³/mol. The number of rotatable bonds is 1. The minimum atomic E-state index is 0.0662. The van der Waals surface area contributed by atoms with Gasteiger partial charge in [-0.15, -0.1) is 0 Å². The van der Waals surface area contributed by atoms with Crippen molar-refractivity contribution in [2.24, 2.45) is 5.92 Å². The van der Waals surface area contributed by atoms with Gasteiger partial charge in [0, 0.05) is 42.7 Å². The van der Waals surface area contributed by atoms with Gasteiger partial charge in [-0.05, 0) is 37.8 Å². The average Bonchev–Trinajstić information content (AvgIpc) is 3.07. The molecule has 0 spiro atoms. The second-order valence-corrected chi connectivity index (χ2v) is 5.93. The molecule has 1 amide bonds. The van der Waals surface area contributed by atoms with E-state index >= 15 is 0 Å². The fraction of sp³-hybridized carbons (Fsp3) is 0.438. The molecule has 0 radical (unpaired) electrons. The molecule has 2 aliphatic rings. The van der Waals surface area contributed by atoms with Crippen LogP contribution in [0.5, 0.6) is 0 Å². The highest BCUT2D eigenvalue weighted by Gasteiger charge is 2.33. The Hall–Kier alpha value is -2.17. The molecule has 0 saturated heterocycles. The van der Waals surface area contributed by atoms with Crippen LogP contribution in [-0.4, -0.2) is 27.4 Å². The van der Waals surface area contributed by atoms with E-state index < -0.39 is 0 Å². The zero-order valence-corrected chi connectivity index (χ0v) is 12.1. The molecule has 1 aliphatic heterocycles. The van der Waals surface area contributed by atoms with Crippen LogP contribution in [0.2, 0.25) is 0 Å². The molecule has 5 heteroatoms. The quantitative estimate of drug-likeness (QED) is 0.867. The summed E-state index contributed by atoms with van der Waals surface area (Å²) in [6.07, 6.45) is 7.13. The van der Waals surface area contributed by atoms with E-state index in [-0.39, 0.29) is 11.8 Å². The number of hydrogen-bond donors (Lipinski definition) is 1. The number of pyridine rings is 1. The van der Waals surface area contributed by atoms with E-state index in [1.54, 1.807) is 6.20 Å². The first-order chi connectivity index (χ1) is 10.2. The summed E-state index contributed by atoms with van der Waals surface area (Å²) in [6.45, 7) is 2.75. The number of amides is 1. The molecule has 1 atom stereocenters. The Kier molecular flexibility index (Phi) is 2.80. The summed E-state index contributed by atoms with van der Waals surface area (Å²) in [5.74, 6) is 1.26. The molecule has 0 fully saturated rings. The Bertz CT molecular complexity index is 706. The summed E-state index contributed by atoms with van der Waals surface area (Å²) in [6, 6.07) is 1.95. The van der Waals surface area contributed by atoms with Gasteiger partial charge in [-0.25, -0.2) is 4.98 Å². The SMILES string of the molecule is Cc1nc2c([nH]1)CC(C(=O)N1CCc3cnccc31)CC2. The number of hydrogen-bond acceptors (Lipinski definition) is 3. The fourth-order valence-electron chi connectivity index (χ4n) is 3.51. The third kappa shape index (κ3) is 2.04. The van der Waals surface area contributed by atoms with E-state index in [1.165, 1.54) is 5.56 Å². The van der Waals surface area contributed by atoms with Crippen LogP contribution in [0.15, 0.2) is 18.5 Å². The van der Waals surface area contributed by atoms with Crippen LogP contribution >= 0.6 is 0 Å². The summed E-state index contributed by atoms with van der Waals surface area (Å²) in [7, 11) is 0. The van der Waals surface area contributed by atoms with Gasteiger partial charge in [0.05, 0.1) is 5.69 Å². The summed E-state index contributed by atoms with van der Waals surface area (Å²) in [5.41, 5.74) is 4.51. The number of nitrogens with zero attached hydrogens (tertiary/aromatic N) is 3. The molecular weight excluding hydrogens is 264 g/mol. The lowest BCUT2D eigenvalue weighted by molar-refractivity contribution is -0.122. The van der Waals surface area contributed by atoms with E-state index in [4.69, 9.17) is 0 Å². The van der Waals surface area contributed by atoms with Crippen molar-refractivity contribution in [3.8, 4) is 0 Å². The molecule has 5 nitrogen and oxygen atoms in total. The highest BCUT2D eigenvalue weighted by Crippen LogP contribution is 2.31. The van der Waals surface area contributed by atoms with Gasteiger partial charge in [0.1, 0.15) is 5.82 Å². The van der Waals surface area contributed by atoms with Crippen LogP contribution in [0.25, 0.3) is 0 Å². The Balaban J connectivity index is 1.57. The number of anilines is 1. The van der Waals surface area contributed by atoms with Gasteiger partial charge in [0.2, 0.25) is 5.91 Å². The van der Waals surface area contributed by atoms with Crippen LogP contribution in [0.4, 0.5) is 5.69 Å². The van der Waals surface area contributed by atoms with Crippen LogP contribution in [0.1, 0.15) is 29.2 Å². The largest absolute Gasteiger partial charge is 0.346 e. The molecule has 3 heterocycles. The average molecular weight is 282 g/mol. The summed E-state index contributed by atoms with van der Waals surface area (Å²) in [4.78, 5) is 26.7. The molecule has 1 aliphatic carbocycles. The van der Waals surface area contributed by atoms with Gasteiger partial charge >= 0.3 is 0 Å². The van der Waals surface area contributed by atoms with Crippen molar-refractivity contribution in [3.05, 3.63) is 41.2 Å². The number of aryl methyl sites for hydroxylation is 2. The van der Waals surface area contributed by atoms with Crippen molar-refractivity contribution in [3.63, 3.8) is 0 Å². The second kappa shape index (κ2) is 4.69. The standard InChI is InChI=1S/C16H18N4O/c1-10-18-13-3-2-11(8-14(13)19-10)16(21)20-7-5-12-9-17-6-4-15(12)20/h4,6,9,11H,2-3,5,7-8H2,1H3,(H,18,19). The molecule has 21 heavy (non-hydrogen) atoms. The number of imidazole rings is 1. The molecule has 2 aromatic heterocycles. The van der Waals surface area contributed by atoms with E-state index in [2.05, 4.69) is 15.0 Å². The van der Waals surface area contributed by atoms with E-state index in [0.29, 0.717) is 0 Å². The molecule has 108 valence electrons. The maximum absolute atomic E-state index is 12.9. The molecule has 1 N–H and O–H groups in total. The van der Waals surface area contributed by atoms with Crippen molar-refractivity contribution < 1.29 is 4.79 Å². The van der Waals surface area contributed by atoms with E-state index in [9.17, 15) is 4.79 Å². The number of fused-ring (bicyclic) bond motifs is 2. The lowest BCUT2D eigenvalue weighted by Gasteiger charge is -2.26. The normalized spacial score (nSPS) is 20.2. The van der Waals surface area contributed by atoms with Gasteiger partial charge in [-0.2, -0.15) is 0 Å². The van der Waals surface area contributed by atoms with Gasteiger partial charge in [0.25, 0.3) is 0 Å². The lowest BCUT2D eigenvalue weighted by Crippen LogP contribution is -2.37.